The zero-order chi connectivity index (χ0) is 22.1. The molecule has 0 spiro atoms. The second kappa shape index (κ2) is 11.2. The van der Waals surface area contributed by atoms with Gasteiger partial charge in [-0.15, -0.1) is 0 Å². The molecule has 0 aliphatic rings. The largest absolute Gasteiger partial charge is 0.504 e. The zero-order valence-corrected chi connectivity index (χ0v) is 17.3. The number of Topliss-reactive ketones (excluding diaryl/α,β-unsaturated/α-hetero) is 1. The number of aliphatic hydroxyl groups excluding tert-OH is 1. The molecule has 162 valence electrons. The van der Waals surface area contributed by atoms with Gasteiger partial charge in [-0.2, -0.15) is 0 Å². The van der Waals surface area contributed by atoms with Crippen LogP contribution in [0.4, 0.5) is 10.5 Å². The molecule has 8 heteroatoms. The summed E-state index contributed by atoms with van der Waals surface area (Å²) in [5, 5.41) is 22.1. The molecule has 30 heavy (non-hydrogen) atoms. The van der Waals surface area contributed by atoms with Gasteiger partial charge in [0, 0.05) is 30.9 Å². The summed E-state index contributed by atoms with van der Waals surface area (Å²) in [5.41, 5.74) is 1.47. The summed E-state index contributed by atoms with van der Waals surface area (Å²) < 4.78 is 16.3. The Kier molecular flexibility index (Phi) is 8.64. The highest BCUT2D eigenvalue weighted by Gasteiger charge is 2.28. The van der Waals surface area contributed by atoms with Gasteiger partial charge in [0.2, 0.25) is 0 Å². The predicted octanol–water partition coefficient (Wildman–Crippen LogP) is 3.68. The van der Waals surface area contributed by atoms with Gasteiger partial charge in [-0.05, 0) is 55.8 Å². The molecular formula is C22H27NO7. The van der Waals surface area contributed by atoms with Crippen molar-refractivity contribution in [3.8, 4) is 11.5 Å². The number of amides is 1. The van der Waals surface area contributed by atoms with Crippen molar-refractivity contribution in [3.05, 3.63) is 53.6 Å². The number of nitrogens with one attached hydrogen (secondary N) is 1. The van der Waals surface area contributed by atoms with Crippen LogP contribution in [0, 0.1) is 0 Å². The number of anilines is 1. The fourth-order valence-electron chi connectivity index (χ4n) is 2.96. The van der Waals surface area contributed by atoms with Crippen LogP contribution in [-0.2, 0) is 9.47 Å². The molecule has 0 aromatic heterocycles. The first-order valence-electron chi connectivity index (χ1n) is 9.57. The SMILES string of the molecule is CCO[C@H](CCO)[C@H](OC(=O)Nc1ccc(C(C)=O)cc1)c1ccc(OC)c(O)c1. The normalized spacial score (nSPS) is 12.7. The van der Waals surface area contributed by atoms with Gasteiger partial charge < -0.3 is 24.4 Å². The number of carbonyl (C=O) groups is 2. The van der Waals surface area contributed by atoms with Crippen LogP contribution in [0.2, 0.25) is 0 Å². The minimum atomic E-state index is -0.884. The van der Waals surface area contributed by atoms with Crippen molar-refractivity contribution in [1.29, 1.82) is 0 Å². The maximum atomic E-state index is 12.5. The molecule has 0 saturated carbocycles. The monoisotopic (exact) mass is 417 g/mol. The Labute approximate surface area is 175 Å². The van der Waals surface area contributed by atoms with Gasteiger partial charge in [-0.1, -0.05) is 6.07 Å². The number of benzene rings is 2. The first kappa shape index (κ1) is 23.2. The molecule has 2 aromatic carbocycles. The Hall–Kier alpha value is -3.10. The van der Waals surface area contributed by atoms with E-state index in [9.17, 15) is 19.8 Å². The third kappa shape index (κ3) is 6.20. The number of ether oxygens (including phenoxy) is 3. The van der Waals surface area contributed by atoms with Crippen LogP contribution in [0.5, 0.6) is 11.5 Å². The second-order valence-corrected chi connectivity index (χ2v) is 6.52. The molecule has 1 amide bonds. The molecule has 0 heterocycles. The van der Waals surface area contributed by atoms with E-state index in [1.54, 1.807) is 43.3 Å². The van der Waals surface area contributed by atoms with E-state index in [4.69, 9.17) is 14.2 Å². The first-order chi connectivity index (χ1) is 14.4. The summed E-state index contributed by atoms with van der Waals surface area (Å²) >= 11 is 0. The predicted molar refractivity (Wildman–Crippen MR) is 111 cm³/mol. The maximum Gasteiger partial charge on any atom is 0.412 e. The van der Waals surface area contributed by atoms with E-state index >= 15 is 0 Å². The number of aromatic hydroxyl groups is 1. The molecule has 2 atom stereocenters. The average Bonchev–Trinajstić information content (AvgIpc) is 2.72. The molecule has 0 aliphatic heterocycles. The number of rotatable bonds is 10. The van der Waals surface area contributed by atoms with Gasteiger partial charge >= 0.3 is 6.09 Å². The van der Waals surface area contributed by atoms with Gasteiger partial charge in [0.05, 0.1) is 7.11 Å². The van der Waals surface area contributed by atoms with Gasteiger partial charge in [0.1, 0.15) is 6.10 Å². The van der Waals surface area contributed by atoms with E-state index in [-0.39, 0.29) is 30.3 Å². The van der Waals surface area contributed by atoms with Crippen molar-refractivity contribution in [1.82, 2.24) is 0 Å². The minimum absolute atomic E-state index is 0.0768. The number of phenolic OH excluding ortho intramolecular Hbond substituents is 1. The molecule has 0 bridgehead atoms. The summed E-state index contributed by atoms with van der Waals surface area (Å²) in [6.45, 7) is 3.44. The summed E-state index contributed by atoms with van der Waals surface area (Å²) in [6, 6.07) is 11.0. The third-order valence-corrected chi connectivity index (χ3v) is 4.44. The molecule has 0 fully saturated rings. The van der Waals surface area contributed by atoms with E-state index in [2.05, 4.69) is 5.32 Å². The summed E-state index contributed by atoms with van der Waals surface area (Å²) in [7, 11) is 1.43. The van der Waals surface area contributed by atoms with Crippen LogP contribution < -0.4 is 10.1 Å². The summed E-state index contributed by atoms with van der Waals surface area (Å²) in [5.74, 6) is 0.0952. The second-order valence-electron chi connectivity index (χ2n) is 6.52. The number of carbonyl (C=O) groups excluding carboxylic acids is 2. The highest BCUT2D eigenvalue weighted by molar-refractivity contribution is 5.95. The number of ketones is 1. The molecule has 0 unspecified atom stereocenters. The van der Waals surface area contributed by atoms with Crippen molar-refractivity contribution in [2.75, 3.05) is 25.6 Å². The number of aliphatic hydroxyl groups is 1. The highest BCUT2D eigenvalue weighted by Crippen LogP contribution is 2.33. The number of hydrogen-bond donors (Lipinski definition) is 3. The maximum absolute atomic E-state index is 12.5. The Bertz CT molecular complexity index is 845. The lowest BCUT2D eigenvalue weighted by Crippen LogP contribution is -2.29. The highest BCUT2D eigenvalue weighted by atomic mass is 16.6. The van der Waals surface area contributed by atoms with E-state index in [0.29, 0.717) is 23.4 Å². The zero-order valence-electron chi connectivity index (χ0n) is 17.3. The van der Waals surface area contributed by atoms with Crippen LogP contribution in [-0.4, -0.2) is 48.5 Å². The van der Waals surface area contributed by atoms with Crippen molar-refractivity contribution in [2.24, 2.45) is 0 Å². The molecular weight excluding hydrogens is 390 g/mol. The molecule has 2 aromatic rings. The Morgan fingerprint density at radius 1 is 1.13 bits per heavy atom. The number of phenols is 1. The van der Waals surface area contributed by atoms with Gasteiger partial charge in [-0.25, -0.2) is 4.79 Å². The molecule has 0 radical (unpaired) electrons. The lowest BCUT2D eigenvalue weighted by atomic mass is 10.0. The molecule has 0 aliphatic carbocycles. The molecule has 8 nitrogen and oxygen atoms in total. The molecule has 2 rings (SSSR count). The lowest BCUT2D eigenvalue weighted by Gasteiger charge is -2.27. The van der Waals surface area contributed by atoms with Crippen molar-refractivity contribution in [2.45, 2.75) is 32.5 Å². The van der Waals surface area contributed by atoms with Crippen LogP contribution >= 0.6 is 0 Å². The summed E-state index contributed by atoms with van der Waals surface area (Å²) in [4.78, 5) is 23.9. The van der Waals surface area contributed by atoms with Crippen LogP contribution in [0.15, 0.2) is 42.5 Å². The minimum Gasteiger partial charge on any atom is -0.504 e. The Morgan fingerprint density at radius 3 is 2.37 bits per heavy atom. The van der Waals surface area contributed by atoms with E-state index in [0.717, 1.165) is 0 Å². The van der Waals surface area contributed by atoms with Gasteiger partial charge in [0.15, 0.2) is 23.4 Å². The number of methoxy groups -OCH3 is 1. The van der Waals surface area contributed by atoms with E-state index in [1.165, 1.54) is 20.1 Å². The van der Waals surface area contributed by atoms with Crippen molar-refractivity contribution >= 4 is 17.6 Å². The van der Waals surface area contributed by atoms with Crippen LogP contribution in [0.1, 0.15) is 42.3 Å². The standard InChI is InChI=1S/C22H27NO7/c1-4-29-20(11-12-24)21(16-7-10-19(28-3)18(26)13-16)30-22(27)23-17-8-5-15(6-9-17)14(2)25/h5-10,13,20-21,24,26H,4,11-12H2,1-3H3,(H,23,27)/t20-,21-/m1/s1. The third-order valence-electron chi connectivity index (χ3n) is 4.44. The summed E-state index contributed by atoms with van der Waals surface area (Å²) in [6.07, 6.45) is -2.02. The molecule has 0 saturated heterocycles. The fourth-order valence-corrected chi connectivity index (χ4v) is 2.96. The lowest BCUT2D eigenvalue weighted by molar-refractivity contribution is -0.0484. The van der Waals surface area contributed by atoms with Crippen LogP contribution in [0.3, 0.4) is 0 Å². The molecule has 3 N–H and O–H groups in total. The smallest absolute Gasteiger partial charge is 0.412 e. The number of hydrogen-bond acceptors (Lipinski definition) is 7. The first-order valence-corrected chi connectivity index (χ1v) is 9.57. The van der Waals surface area contributed by atoms with Crippen LogP contribution in [0.25, 0.3) is 0 Å². The van der Waals surface area contributed by atoms with Gasteiger partial charge in [0.25, 0.3) is 0 Å². The average molecular weight is 417 g/mol. The Morgan fingerprint density at radius 2 is 1.83 bits per heavy atom. The van der Waals surface area contributed by atoms with Crippen molar-refractivity contribution < 1.29 is 34.0 Å². The fraction of sp³-hybridized carbons (Fsp3) is 0.364. The van der Waals surface area contributed by atoms with E-state index < -0.39 is 18.3 Å². The quantitative estimate of drug-likeness (QED) is 0.505. The topological polar surface area (TPSA) is 114 Å². The van der Waals surface area contributed by atoms with E-state index in [1.807, 2.05) is 0 Å². The van der Waals surface area contributed by atoms with Crippen molar-refractivity contribution in [3.63, 3.8) is 0 Å². The van der Waals surface area contributed by atoms with Gasteiger partial charge in [-0.3, -0.25) is 10.1 Å². The Balaban J connectivity index is 2.23.